The summed E-state index contributed by atoms with van der Waals surface area (Å²) in [6.07, 6.45) is 1.53. The van der Waals surface area contributed by atoms with Crippen molar-refractivity contribution in [2.75, 3.05) is 10.6 Å². The lowest BCUT2D eigenvalue weighted by atomic mass is 10.2. The zero-order valence-corrected chi connectivity index (χ0v) is 13.1. The van der Waals surface area contributed by atoms with Crippen LogP contribution in [0.2, 0.25) is 0 Å². The second-order valence-corrected chi connectivity index (χ2v) is 5.39. The zero-order chi connectivity index (χ0) is 16.9. The molecule has 0 unspecified atom stereocenters. The quantitative estimate of drug-likeness (QED) is 0.742. The van der Waals surface area contributed by atoms with Crippen molar-refractivity contribution in [3.05, 3.63) is 83.9 Å². The van der Waals surface area contributed by atoms with E-state index in [1.165, 1.54) is 18.3 Å². The number of aromatic nitrogens is 1. The standard InChI is InChI=1S/C19H16FN3O/c1-13-5-7-15(8-6-13)23-19(24)18-12-17(9-10-21-18)22-16-4-2-3-14(20)11-16/h2-12H,1H3,(H,21,22)(H,23,24). The van der Waals surface area contributed by atoms with Gasteiger partial charge in [0.25, 0.3) is 5.91 Å². The van der Waals surface area contributed by atoms with Crippen molar-refractivity contribution >= 4 is 23.0 Å². The molecule has 4 nitrogen and oxygen atoms in total. The molecule has 24 heavy (non-hydrogen) atoms. The number of aryl methyl sites for hydroxylation is 1. The maximum absolute atomic E-state index is 13.2. The highest BCUT2D eigenvalue weighted by Gasteiger charge is 2.09. The summed E-state index contributed by atoms with van der Waals surface area (Å²) in [6.45, 7) is 1.98. The Morgan fingerprint density at radius 3 is 2.46 bits per heavy atom. The summed E-state index contributed by atoms with van der Waals surface area (Å²) in [4.78, 5) is 16.4. The van der Waals surface area contributed by atoms with E-state index in [1.54, 1.807) is 24.3 Å². The lowest BCUT2D eigenvalue weighted by molar-refractivity contribution is 0.102. The van der Waals surface area contributed by atoms with E-state index in [0.29, 0.717) is 17.1 Å². The maximum atomic E-state index is 13.2. The number of pyridine rings is 1. The van der Waals surface area contributed by atoms with Gasteiger partial charge in [0, 0.05) is 23.3 Å². The number of hydrogen-bond acceptors (Lipinski definition) is 3. The van der Waals surface area contributed by atoms with E-state index in [1.807, 2.05) is 31.2 Å². The Bertz CT molecular complexity index is 862. The molecule has 0 atom stereocenters. The van der Waals surface area contributed by atoms with Gasteiger partial charge in [0.2, 0.25) is 0 Å². The summed E-state index contributed by atoms with van der Waals surface area (Å²) in [5.74, 6) is -0.631. The van der Waals surface area contributed by atoms with Crippen molar-refractivity contribution < 1.29 is 9.18 Å². The zero-order valence-electron chi connectivity index (χ0n) is 13.1. The van der Waals surface area contributed by atoms with Crippen LogP contribution in [0.1, 0.15) is 16.1 Å². The fourth-order valence-corrected chi connectivity index (χ4v) is 2.20. The molecule has 1 aromatic heterocycles. The molecule has 0 spiro atoms. The lowest BCUT2D eigenvalue weighted by Gasteiger charge is -2.09. The number of hydrogen-bond donors (Lipinski definition) is 2. The van der Waals surface area contributed by atoms with Gasteiger partial charge >= 0.3 is 0 Å². The Kier molecular flexibility index (Phi) is 4.52. The molecule has 0 aliphatic rings. The van der Waals surface area contributed by atoms with Gasteiger partial charge in [0.1, 0.15) is 11.5 Å². The van der Waals surface area contributed by atoms with Crippen molar-refractivity contribution in [2.45, 2.75) is 6.92 Å². The van der Waals surface area contributed by atoms with Crippen LogP contribution in [0.5, 0.6) is 0 Å². The minimum atomic E-state index is -0.327. The second kappa shape index (κ2) is 6.91. The maximum Gasteiger partial charge on any atom is 0.274 e. The first kappa shape index (κ1) is 15.7. The second-order valence-electron chi connectivity index (χ2n) is 5.39. The largest absolute Gasteiger partial charge is 0.355 e. The summed E-state index contributed by atoms with van der Waals surface area (Å²) in [7, 11) is 0. The van der Waals surface area contributed by atoms with Crippen LogP contribution in [0.25, 0.3) is 0 Å². The van der Waals surface area contributed by atoms with Crippen molar-refractivity contribution in [1.29, 1.82) is 0 Å². The van der Waals surface area contributed by atoms with Gasteiger partial charge < -0.3 is 10.6 Å². The van der Waals surface area contributed by atoms with Crippen LogP contribution in [0.4, 0.5) is 21.5 Å². The molecule has 2 aromatic carbocycles. The molecule has 1 amide bonds. The van der Waals surface area contributed by atoms with Gasteiger partial charge in [-0.2, -0.15) is 0 Å². The molecule has 0 fully saturated rings. The van der Waals surface area contributed by atoms with Crippen LogP contribution in [-0.4, -0.2) is 10.9 Å². The monoisotopic (exact) mass is 321 g/mol. The topological polar surface area (TPSA) is 54.0 Å². The average molecular weight is 321 g/mol. The molecule has 0 radical (unpaired) electrons. The van der Waals surface area contributed by atoms with Crippen LogP contribution < -0.4 is 10.6 Å². The highest BCUT2D eigenvalue weighted by Crippen LogP contribution is 2.18. The molecular weight excluding hydrogens is 305 g/mol. The lowest BCUT2D eigenvalue weighted by Crippen LogP contribution is -2.13. The normalized spacial score (nSPS) is 10.2. The molecule has 0 aliphatic carbocycles. The molecular formula is C19H16FN3O. The molecule has 0 aliphatic heterocycles. The molecule has 0 saturated carbocycles. The first-order valence-electron chi connectivity index (χ1n) is 7.47. The Balaban J connectivity index is 1.74. The van der Waals surface area contributed by atoms with Gasteiger partial charge in [0.05, 0.1) is 0 Å². The molecule has 2 N–H and O–H groups in total. The van der Waals surface area contributed by atoms with Gasteiger partial charge in [-0.1, -0.05) is 23.8 Å². The first-order chi connectivity index (χ1) is 11.6. The van der Waals surface area contributed by atoms with Crippen LogP contribution in [0.3, 0.4) is 0 Å². The third-order valence-corrected chi connectivity index (χ3v) is 3.42. The van der Waals surface area contributed by atoms with E-state index in [0.717, 1.165) is 5.56 Å². The summed E-state index contributed by atoms with van der Waals surface area (Å²) < 4.78 is 13.2. The number of carbonyl (C=O) groups is 1. The van der Waals surface area contributed by atoms with Crippen LogP contribution in [0.15, 0.2) is 66.9 Å². The number of anilines is 3. The smallest absolute Gasteiger partial charge is 0.274 e. The number of rotatable bonds is 4. The third-order valence-electron chi connectivity index (χ3n) is 3.42. The van der Waals surface area contributed by atoms with Gasteiger partial charge in [0.15, 0.2) is 0 Å². The Morgan fingerprint density at radius 2 is 1.71 bits per heavy atom. The number of carbonyl (C=O) groups excluding carboxylic acids is 1. The highest BCUT2D eigenvalue weighted by molar-refractivity contribution is 6.03. The molecule has 120 valence electrons. The minimum Gasteiger partial charge on any atom is -0.355 e. The molecule has 5 heteroatoms. The van der Waals surface area contributed by atoms with Gasteiger partial charge in [-0.25, -0.2) is 4.39 Å². The Morgan fingerprint density at radius 1 is 0.958 bits per heavy atom. The summed E-state index contributed by atoms with van der Waals surface area (Å²) in [5, 5.41) is 5.85. The molecule has 3 aromatic rings. The van der Waals surface area contributed by atoms with Crippen molar-refractivity contribution in [1.82, 2.24) is 4.98 Å². The molecule has 1 heterocycles. The first-order valence-corrected chi connectivity index (χ1v) is 7.47. The van der Waals surface area contributed by atoms with Crippen LogP contribution in [-0.2, 0) is 0 Å². The van der Waals surface area contributed by atoms with Crippen LogP contribution >= 0.6 is 0 Å². The van der Waals surface area contributed by atoms with E-state index < -0.39 is 0 Å². The Labute approximate surface area is 139 Å². The Hall–Kier alpha value is -3.21. The van der Waals surface area contributed by atoms with Gasteiger partial charge in [-0.3, -0.25) is 9.78 Å². The van der Waals surface area contributed by atoms with Crippen molar-refractivity contribution in [3.8, 4) is 0 Å². The predicted molar refractivity (Wildman–Crippen MR) is 93.1 cm³/mol. The number of benzene rings is 2. The van der Waals surface area contributed by atoms with Crippen LogP contribution in [0, 0.1) is 12.7 Å². The minimum absolute atomic E-state index is 0.275. The van der Waals surface area contributed by atoms with E-state index in [2.05, 4.69) is 15.6 Å². The SMILES string of the molecule is Cc1ccc(NC(=O)c2cc(Nc3cccc(F)c3)ccn2)cc1. The number of halogens is 1. The van der Waals surface area contributed by atoms with Gasteiger partial charge in [-0.15, -0.1) is 0 Å². The van der Waals surface area contributed by atoms with E-state index in [4.69, 9.17) is 0 Å². The van der Waals surface area contributed by atoms with Gasteiger partial charge in [-0.05, 0) is 49.4 Å². The van der Waals surface area contributed by atoms with Crippen molar-refractivity contribution in [3.63, 3.8) is 0 Å². The van der Waals surface area contributed by atoms with E-state index in [9.17, 15) is 9.18 Å². The molecule has 0 saturated heterocycles. The fraction of sp³-hybridized carbons (Fsp3) is 0.0526. The number of nitrogens with one attached hydrogen (secondary N) is 2. The number of nitrogens with zero attached hydrogens (tertiary/aromatic N) is 1. The molecule has 3 rings (SSSR count). The summed E-state index contributed by atoms with van der Waals surface area (Å²) in [6, 6.07) is 17.0. The van der Waals surface area contributed by atoms with E-state index >= 15 is 0 Å². The summed E-state index contributed by atoms with van der Waals surface area (Å²) >= 11 is 0. The highest BCUT2D eigenvalue weighted by atomic mass is 19.1. The third kappa shape index (κ3) is 3.95. The summed E-state index contributed by atoms with van der Waals surface area (Å²) in [5.41, 5.74) is 3.36. The van der Waals surface area contributed by atoms with Crippen molar-refractivity contribution in [2.24, 2.45) is 0 Å². The van der Waals surface area contributed by atoms with E-state index in [-0.39, 0.29) is 17.4 Å². The average Bonchev–Trinajstić information content (AvgIpc) is 2.57. The predicted octanol–water partition coefficient (Wildman–Crippen LogP) is 4.53. The fourth-order valence-electron chi connectivity index (χ4n) is 2.20. The number of amides is 1. The molecule has 0 bridgehead atoms.